The Bertz CT molecular complexity index is 817. The minimum atomic E-state index is 0.120. The maximum absolute atomic E-state index is 7.94. The smallest absolute Gasteiger partial charge is 0.188 e. The first-order valence-electron chi connectivity index (χ1n) is 9.63. The van der Waals surface area contributed by atoms with Gasteiger partial charge in [0, 0.05) is 38.1 Å². The third-order valence-electron chi connectivity index (χ3n) is 4.73. The number of aromatic amines is 1. The molecule has 1 heterocycles. The Morgan fingerprint density at radius 1 is 0.964 bits per heavy atom. The highest BCUT2D eigenvalue weighted by Gasteiger charge is 2.12. The molecule has 0 saturated carbocycles. The Hall–Kier alpha value is -3.28. The molecule has 1 aromatic heterocycles. The van der Waals surface area contributed by atoms with E-state index in [9.17, 15) is 0 Å². The van der Waals surface area contributed by atoms with Crippen LogP contribution in [0.25, 0.3) is 0 Å². The minimum absolute atomic E-state index is 0.120. The van der Waals surface area contributed by atoms with Crippen molar-refractivity contribution in [2.75, 3.05) is 24.5 Å². The molecular formula is C22H28N6. The van der Waals surface area contributed by atoms with Crippen LogP contribution in [0.15, 0.2) is 73.2 Å². The second-order valence-electron chi connectivity index (χ2n) is 6.78. The maximum atomic E-state index is 7.94. The number of hydrogen-bond acceptors (Lipinski definition) is 3. The molecule has 6 heteroatoms. The Labute approximate surface area is 166 Å². The quantitative estimate of drug-likeness (QED) is 0.375. The number of para-hydroxylation sites is 1. The standard InChI is InChI=1S/C22H28N6/c23-22(24)27(13-7-10-20-16-25-18-26-20)14-15-28(21-11-5-2-6-12-21)17-19-8-3-1-4-9-19/h1-6,8-9,11-12,16,18H,7,10,13-15,17H2,(H3,23,24)(H,25,26). The summed E-state index contributed by atoms with van der Waals surface area (Å²) >= 11 is 0. The van der Waals surface area contributed by atoms with E-state index < -0.39 is 0 Å². The fraction of sp³-hybridized carbons (Fsp3) is 0.273. The molecule has 3 aromatic rings. The van der Waals surface area contributed by atoms with E-state index in [1.807, 2.05) is 23.2 Å². The zero-order valence-corrected chi connectivity index (χ0v) is 16.1. The molecular weight excluding hydrogens is 348 g/mol. The SMILES string of the molecule is N=C(N)N(CCCc1c[nH]cn1)CCN(Cc1ccccc1)c1ccccc1. The van der Waals surface area contributed by atoms with Gasteiger partial charge in [0.15, 0.2) is 5.96 Å². The number of anilines is 1. The van der Waals surface area contributed by atoms with Crippen molar-refractivity contribution in [1.82, 2.24) is 14.9 Å². The molecule has 0 aliphatic heterocycles. The monoisotopic (exact) mass is 376 g/mol. The van der Waals surface area contributed by atoms with Crippen molar-refractivity contribution in [3.63, 3.8) is 0 Å². The molecule has 0 radical (unpaired) electrons. The van der Waals surface area contributed by atoms with Gasteiger partial charge in [0.1, 0.15) is 0 Å². The van der Waals surface area contributed by atoms with Crippen LogP contribution in [0.4, 0.5) is 5.69 Å². The molecule has 0 aliphatic carbocycles. The van der Waals surface area contributed by atoms with Crippen LogP contribution in [0.3, 0.4) is 0 Å². The number of hydrogen-bond donors (Lipinski definition) is 3. The highest BCUT2D eigenvalue weighted by atomic mass is 15.3. The molecule has 0 saturated heterocycles. The van der Waals surface area contributed by atoms with Gasteiger partial charge in [-0.15, -0.1) is 0 Å². The van der Waals surface area contributed by atoms with Crippen LogP contribution in [-0.4, -0.2) is 40.5 Å². The average molecular weight is 377 g/mol. The normalized spacial score (nSPS) is 10.6. The molecule has 0 bridgehead atoms. The van der Waals surface area contributed by atoms with E-state index in [1.165, 1.54) is 11.3 Å². The van der Waals surface area contributed by atoms with Gasteiger partial charge in [0.2, 0.25) is 0 Å². The number of guanidine groups is 1. The second kappa shape index (κ2) is 10.2. The third-order valence-corrected chi connectivity index (χ3v) is 4.73. The summed E-state index contributed by atoms with van der Waals surface area (Å²) in [5.41, 5.74) is 9.32. The van der Waals surface area contributed by atoms with Crippen LogP contribution in [0, 0.1) is 5.41 Å². The van der Waals surface area contributed by atoms with Gasteiger partial charge in [-0.05, 0) is 30.5 Å². The van der Waals surface area contributed by atoms with Crippen molar-refractivity contribution in [3.05, 3.63) is 84.4 Å². The van der Waals surface area contributed by atoms with E-state index in [0.717, 1.165) is 38.2 Å². The van der Waals surface area contributed by atoms with Crippen molar-refractivity contribution < 1.29 is 0 Å². The van der Waals surface area contributed by atoms with Crippen LogP contribution >= 0.6 is 0 Å². The van der Waals surface area contributed by atoms with E-state index in [0.29, 0.717) is 6.54 Å². The van der Waals surface area contributed by atoms with Crippen molar-refractivity contribution in [3.8, 4) is 0 Å². The molecule has 6 nitrogen and oxygen atoms in total. The van der Waals surface area contributed by atoms with E-state index >= 15 is 0 Å². The topological polar surface area (TPSA) is 85.0 Å². The maximum Gasteiger partial charge on any atom is 0.188 e. The molecule has 0 fully saturated rings. The van der Waals surface area contributed by atoms with E-state index in [1.54, 1.807) is 6.33 Å². The molecule has 2 aromatic carbocycles. The first-order valence-corrected chi connectivity index (χ1v) is 9.63. The van der Waals surface area contributed by atoms with Crippen molar-refractivity contribution in [1.29, 1.82) is 5.41 Å². The van der Waals surface area contributed by atoms with Crippen LogP contribution in [0.1, 0.15) is 17.7 Å². The summed E-state index contributed by atoms with van der Waals surface area (Å²) in [4.78, 5) is 11.5. The Morgan fingerprint density at radius 3 is 2.32 bits per heavy atom. The number of benzene rings is 2. The van der Waals surface area contributed by atoms with Crippen molar-refractivity contribution in [2.45, 2.75) is 19.4 Å². The van der Waals surface area contributed by atoms with Crippen LogP contribution in [-0.2, 0) is 13.0 Å². The molecule has 0 unspecified atom stereocenters. The highest BCUT2D eigenvalue weighted by molar-refractivity contribution is 5.74. The predicted molar refractivity (Wildman–Crippen MR) is 114 cm³/mol. The Morgan fingerprint density at radius 2 is 1.68 bits per heavy atom. The lowest BCUT2D eigenvalue weighted by Crippen LogP contribution is -2.42. The van der Waals surface area contributed by atoms with Crippen LogP contribution in [0.2, 0.25) is 0 Å². The highest BCUT2D eigenvalue weighted by Crippen LogP contribution is 2.16. The summed E-state index contributed by atoms with van der Waals surface area (Å²) in [6.45, 7) is 3.07. The number of aromatic nitrogens is 2. The lowest BCUT2D eigenvalue weighted by molar-refractivity contribution is 0.405. The lowest BCUT2D eigenvalue weighted by atomic mass is 10.2. The average Bonchev–Trinajstić information content (AvgIpc) is 3.24. The molecule has 146 valence electrons. The van der Waals surface area contributed by atoms with Gasteiger partial charge >= 0.3 is 0 Å². The first kappa shape index (κ1) is 19.5. The predicted octanol–water partition coefficient (Wildman–Crippen LogP) is 3.24. The number of nitrogens with two attached hydrogens (primary N) is 1. The summed E-state index contributed by atoms with van der Waals surface area (Å²) in [7, 11) is 0. The number of aryl methyl sites for hydroxylation is 1. The summed E-state index contributed by atoms with van der Waals surface area (Å²) < 4.78 is 0. The van der Waals surface area contributed by atoms with Gasteiger partial charge in [-0.2, -0.15) is 0 Å². The van der Waals surface area contributed by atoms with E-state index in [-0.39, 0.29) is 5.96 Å². The van der Waals surface area contributed by atoms with Gasteiger partial charge in [0.25, 0.3) is 0 Å². The van der Waals surface area contributed by atoms with Gasteiger partial charge in [0.05, 0.1) is 12.0 Å². The van der Waals surface area contributed by atoms with Gasteiger partial charge < -0.3 is 20.5 Å². The summed E-state index contributed by atoms with van der Waals surface area (Å²) in [5.74, 6) is 0.120. The molecule has 28 heavy (non-hydrogen) atoms. The number of rotatable bonds is 10. The molecule has 4 N–H and O–H groups in total. The van der Waals surface area contributed by atoms with Crippen molar-refractivity contribution in [2.24, 2.45) is 5.73 Å². The van der Waals surface area contributed by atoms with Gasteiger partial charge in [-0.1, -0.05) is 48.5 Å². The fourth-order valence-electron chi connectivity index (χ4n) is 3.21. The fourth-order valence-corrected chi connectivity index (χ4v) is 3.21. The minimum Gasteiger partial charge on any atom is -0.370 e. The molecule has 0 spiro atoms. The number of nitrogens with zero attached hydrogens (tertiary/aromatic N) is 3. The molecule has 0 atom stereocenters. The largest absolute Gasteiger partial charge is 0.370 e. The molecule has 3 rings (SSSR count). The second-order valence-corrected chi connectivity index (χ2v) is 6.78. The summed E-state index contributed by atoms with van der Waals surface area (Å²) in [6, 6.07) is 20.8. The van der Waals surface area contributed by atoms with Gasteiger partial charge in [-0.3, -0.25) is 5.41 Å². The zero-order valence-electron chi connectivity index (χ0n) is 16.1. The summed E-state index contributed by atoms with van der Waals surface area (Å²) in [5, 5.41) is 7.94. The number of imidazole rings is 1. The number of H-pyrrole nitrogens is 1. The zero-order chi connectivity index (χ0) is 19.6. The lowest BCUT2D eigenvalue weighted by Gasteiger charge is -2.29. The van der Waals surface area contributed by atoms with Crippen molar-refractivity contribution >= 4 is 11.6 Å². The third kappa shape index (κ3) is 5.87. The Kier molecular flexibility index (Phi) is 7.07. The van der Waals surface area contributed by atoms with Crippen LogP contribution in [0.5, 0.6) is 0 Å². The molecule has 0 amide bonds. The van der Waals surface area contributed by atoms with Crippen LogP contribution < -0.4 is 10.6 Å². The van der Waals surface area contributed by atoms with E-state index in [2.05, 4.69) is 63.4 Å². The first-order chi connectivity index (χ1) is 13.7. The summed E-state index contributed by atoms with van der Waals surface area (Å²) in [6.07, 6.45) is 5.39. The molecule has 0 aliphatic rings. The Balaban J connectivity index is 1.60. The number of nitrogens with one attached hydrogen (secondary N) is 2. The van der Waals surface area contributed by atoms with E-state index in [4.69, 9.17) is 11.1 Å². The van der Waals surface area contributed by atoms with Gasteiger partial charge in [-0.25, -0.2) is 4.98 Å².